The monoisotopic (exact) mass is 122 g/mol. The molecule has 0 rings (SSSR count). The number of rotatable bonds is 1. The fourth-order valence-electron chi connectivity index (χ4n) is 0.0764. The molecule has 0 spiro atoms. The molecule has 3 N–H and O–H groups in total. The highest BCUT2D eigenvalue weighted by molar-refractivity contribution is 7.17. The highest BCUT2D eigenvalue weighted by Crippen LogP contribution is 2.02. The summed E-state index contributed by atoms with van der Waals surface area (Å²) in [4.78, 5) is 0. The first-order valence-corrected chi connectivity index (χ1v) is 2.32. The maximum Gasteiger partial charge on any atom is 0.159 e. The topological polar surface area (TPSA) is 60.7 Å². The van der Waals surface area contributed by atoms with Gasteiger partial charge in [0, 0.05) is 0 Å². The molecule has 0 radical (unpaired) electrons. The zero-order chi connectivity index (χ0) is 5.86. The predicted molar refractivity (Wildman–Crippen MR) is 29.1 cm³/mol. The van der Waals surface area contributed by atoms with Gasteiger partial charge in [-0.1, -0.05) is 9.24 Å². The van der Waals surface area contributed by atoms with Crippen molar-refractivity contribution in [1.29, 1.82) is 0 Å². The Bertz CT molecular complexity index is 78.2. The van der Waals surface area contributed by atoms with Gasteiger partial charge < -0.3 is 15.3 Å². The Balaban J connectivity index is 3.56. The highest BCUT2D eigenvalue weighted by atomic mass is 31.0. The zero-order valence-electron chi connectivity index (χ0n) is 3.57. The molecule has 4 heteroatoms. The van der Waals surface area contributed by atoms with Crippen LogP contribution in [0, 0.1) is 0 Å². The van der Waals surface area contributed by atoms with Crippen LogP contribution in [0.3, 0.4) is 0 Å². The predicted octanol–water partition coefficient (Wildman–Crippen LogP) is 0.137. The molecule has 3 nitrogen and oxygen atoms in total. The molecule has 2 unspecified atom stereocenters. The van der Waals surface area contributed by atoms with E-state index < -0.39 is 11.6 Å². The fraction of sp³-hybridized carbons (Fsp3) is 0.333. The van der Waals surface area contributed by atoms with E-state index in [0.717, 1.165) is 0 Å². The first-order valence-electron chi connectivity index (χ1n) is 1.65. The lowest BCUT2D eigenvalue weighted by Crippen LogP contribution is -1.97. The molecule has 0 aliphatic carbocycles. The van der Waals surface area contributed by atoms with Crippen LogP contribution >= 0.6 is 9.24 Å². The first-order chi connectivity index (χ1) is 3.18. The summed E-state index contributed by atoms with van der Waals surface area (Å²) in [7, 11) is 1.89. The van der Waals surface area contributed by atoms with Gasteiger partial charge in [0.15, 0.2) is 5.76 Å². The summed E-state index contributed by atoms with van der Waals surface area (Å²) < 4.78 is 0. The molecule has 0 aromatic heterocycles. The lowest BCUT2D eigenvalue weighted by atomic mass is 10.6. The van der Waals surface area contributed by atoms with Crippen LogP contribution in [0.1, 0.15) is 0 Å². The van der Waals surface area contributed by atoms with Crippen molar-refractivity contribution in [3.63, 3.8) is 0 Å². The van der Waals surface area contributed by atoms with E-state index >= 15 is 0 Å². The van der Waals surface area contributed by atoms with Gasteiger partial charge in [0.05, 0.1) is 0 Å². The molecule has 0 aliphatic heterocycles. The lowest BCUT2D eigenvalue weighted by Gasteiger charge is -1.96. The Kier molecular flexibility index (Phi) is 2.72. The van der Waals surface area contributed by atoms with E-state index in [1.165, 1.54) is 0 Å². The maximum absolute atomic E-state index is 8.31. The molecule has 0 heterocycles. The molecular formula is C3H7O3P. The second-order valence-corrected chi connectivity index (χ2v) is 1.63. The van der Waals surface area contributed by atoms with E-state index in [2.05, 4.69) is 0 Å². The third-order valence-corrected chi connectivity index (χ3v) is 0.777. The van der Waals surface area contributed by atoms with Crippen molar-refractivity contribution in [2.45, 2.75) is 5.85 Å². The third kappa shape index (κ3) is 2.43. The van der Waals surface area contributed by atoms with Gasteiger partial charge in [-0.3, -0.25) is 0 Å². The molecule has 2 atom stereocenters. The minimum Gasteiger partial charge on any atom is -0.512 e. The van der Waals surface area contributed by atoms with E-state index in [9.17, 15) is 0 Å². The molecule has 0 aromatic rings. The molecule has 0 fully saturated rings. The standard InChI is InChI=1S/C3H7O3P/c4-1-2(5)3(6)7/h1,3-6H,7H2. The van der Waals surface area contributed by atoms with E-state index in [4.69, 9.17) is 15.3 Å². The van der Waals surface area contributed by atoms with Crippen molar-refractivity contribution < 1.29 is 15.3 Å². The van der Waals surface area contributed by atoms with Gasteiger partial charge in [0.2, 0.25) is 0 Å². The number of hydrogen-bond acceptors (Lipinski definition) is 3. The van der Waals surface area contributed by atoms with E-state index in [-0.39, 0.29) is 0 Å². The molecule has 0 saturated heterocycles. The largest absolute Gasteiger partial charge is 0.512 e. The van der Waals surface area contributed by atoms with Gasteiger partial charge in [0.25, 0.3) is 0 Å². The van der Waals surface area contributed by atoms with Gasteiger partial charge in [-0.05, 0) is 0 Å². The molecule has 0 saturated carbocycles. The summed E-state index contributed by atoms with van der Waals surface area (Å²) >= 11 is 0. The number of aliphatic hydroxyl groups excluding tert-OH is 3. The van der Waals surface area contributed by atoms with Gasteiger partial charge >= 0.3 is 0 Å². The fourth-order valence-corrected chi connectivity index (χ4v) is 0.162. The Morgan fingerprint density at radius 1 is 1.71 bits per heavy atom. The van der Waals surface area contributed by atoms with Gasteiger partial charge in [-0.2, -0.15) is 0 Å². The smallest absolute Gasteiger partial charge is 0.159 e. The molecule has 0 bridgehead atoms. The van der Waals surface area contributed by atoms with Crippen LogP contribution < -0.4 is 0 Å². The van der Waals surface area contributed by atoms with Crippen molar-refractivity contribution in [2.24, 2.45) is 0 Å². The average molecular weight is 122 g/mol. The SMILES string of the molecule is OC=C(O)C(O)P. The summed E-state index contributed by atoms with van der Waals surface area (Å²) in [5.74, 6) is -1.50. The van der Waals surface area contributed by atoms with Crippen LogP contribution in [0.4, 0.5) is 0 Å². The molecular weight excluding hydrogens is 115 g/mol. The molecule has 7 heavy (non-hydrogen) atoms. The molecule has 42 valence electrons. The molecule has 0 aromatic carbocycles. The maximum atomic E-state index is 8.31. The summed E-state index contributed by atoms with van der Waals surface area (Å²) in [6, 6.07) is 0. The third-order valence-electron chi connectivity index (χ3n) is 0.435. The van der Waals surface area contributed by atoms with Crippen molar-refractivity contribution in [2.75, 3.05) is 0 Å². The Morgan fingerprint density at radius 3 is 2.14 bits per heavy atom. The minimum absolute atomic E-state index is 0.442. The summed E-state index contributed by atoms with van der Waals surface area (Å²) in [5.41, 5.74) is 0. The van der Waals surface area contributed by atoms with Gasteiger partial charge in [0.1, 0.15) is 12.1 Å². The highest BCUT2D eigenvalue weighted by Gasteiger charge is 1.98. The van der Waals surface area contributed by atoms with E-state index in [0.29, 0.717) is 6.26 Å². The Morgan fingerprint density at radius 2 is 2.14 bits per heavy atom. The average Bonchev–Trinajstić information content (AvgIpc) is 1.65. The van der Waals surface area contributed by atoms with Crippen molar-refractivity contribution in [1.82, 2.24) is 0 Å². The van der Waals surface area contributed by atoms with Gasteiger partial charge in [-0.15, -0.1) is 0 Å². The summed E-state index contributed by atoms with van der Waals surface area (Å²) in [6.45, 7) is 0. The van der Waals surface area contributed by atoms with Crippen molar-refractivity contribution >= 4 is 9.24 Å². The number of aliphatic hydroxyl groups is 3. The van der Waals surface area contributed by atoms with Crippen molar-refractivity contribution in [3.05, 3.63) is 12.0 Å². The van der Waals surface area contributed by atoms with Crippen LogP contribution in [0.25, 0.3) is 0 Å². The second-order valence-electron chi connectivity index (χ2n) is 0.999. The van der Waals surface area contributed by atoms with E-state index in [1.807, 2.05) is 9.24 Å². The minimum atomic E-state index is -1.05. The Labute approximate surface area is 43.5 Å². The van der Waals surface area contributed by atoms with E-state index in [1.54, 1.807) is 0 Å². The lowest BCUT2D eigenvalue weighted by molar-refractivity contribution is 0.213. The molecule has 0 amide bonds. The molecule has 0 aliphatic rings. The van der Waals surface area contributed by atoms with Crippen LogP contribution in [0.2, 0.25) is 0 Å². The zero-order valence-corrected chi connectivity index (χ0v) is 4.73. The van der Waals surface area contributed by atoms with Crippen LogP contribution in [0.15, 0.2) is 12.0 Å². The normalized spacial score (nSPS) is 16.6. The summed E-state index contributed by atoms with van der Waals surface area (Å²) in [5, 5.41) is 24.5. The van der Waals surface area contributed by atoms with Crippen LogP contribution in [-0.2, 0) is 0 Å². The van der Waals surface area contributed by atoms with Gasteiger partial charge in [-0.25, -0.2) is 0 Å². The van der Waals surface area contributed by atoms with Crippen molar-refractivity contribution in [3.8, 4) is 0 Å². The second kappa shape index (κ2) is 2.83. The number of hydrogen-bond donors (Lipinski definition) is 3. The van der Waals surface area contributed by atoms with Crippen LogP contribution in [-0.4, -0.2) is 21.2 Å². The first kappa shape index (κ1) is 6.73. The van der Waals surface area contributed by atoms with Crippen LogP contribution in [0.5, 0.6) is 0 Å². The summed E-state index contributed by atoms with van der Waals surface area (Å²) in [6.07, 6.45) is 0.442. The quantitative estimate of drug-likeness (QED) is 0.342. The Hall–Kier alpha value is -0.270.